The molecule has 0 rings (SSSR count). The Labute approximate surface area is 173 Å². The molecule has 0 spiro atoms. The van der Waals surface area contributed by atoms with E-state index in [0.717, 1.165) is 0 Å². The first-order chi connectivity index (χ1) is 10.4. The second-order valence-electron chi connectivity index (χ2n) is 4.20. The van der Waals surface area contributed by atoms with E-state index in [2.05, 4.69) is 0 Å². The van der Waals surface area contributed by atoms with Crippen molar-refractivity contribution in [1.29, 1.82) is 0 Å². The molecule has 0 aromatic rings. The number of hydrogen-bond acceptors (Lipinski definition) is 0. The topological polar surface area (TPSA) is 0 Å². The Morgan fingerprint density at radius 3 is 0.846 bits per heavy atom. The summed E-state index contributed by atoms with van der Waals surface area (Å²) in [5.41, 5.74) is 0. The van der Waals surface area contributed by atoms with Gasteiger partial charge in [-0.05, 0) is 0 Å². The molecule has 0 bridgehead atoms. The van der Waals surface area contributed by atoms with Gasteiger partial charge in [0, 0.05) is 0 Å². The minimum atomic E-state index is -8.55. The molecule has 153 valence electrons. The Kier molecular flexibility index (Phi) is 8.11. The molecule has 0 nitrogen and oxygen atoms in total. The molecule has 0 amide bonds. The van der Waals surface area contributed by atoms with Crippen LogP contribution in [-0.4, -0.2) is 93.1 Å². The van der Waals surface area contributed by atoms with Gasteiger partial charge in [0.2, 0.25) is 0 Å². The summed E-state index contributed by atoms with van der Waals surface area (Å²) in [5.74, 6) is -49.4. The zero-order valence-electron chi connectivity index (χ0n) is 10.4. The van der Waals surface area contributed by atoms with E-state index in [1.165, 1.54) is 0 Å². The molecule has 0 saturated heterocycles. The van der Waals surface area contributed by atoms with Crippen LogP contribution in [0.4, 0.5) is 74.6 Å². The average Bonchev–Trinajstić information content (AvgIpc) is 2.35. The predicted octanol–water partition coefficient (Wildman–Crippen LogP) is 5.14. The fourth-order valence-electron chi connectivity index (χ4n) is 1.09. The van der Waals surface area contributed by atoms with Gasteiger partial charge in [0.05, 0.1) is 0 Å². The van der Waals surface area contributed by atoms with Gasteiger partial charge < -0.3 is 0 Å². The van der Waals surface area contributed by atoms with E-state index in [0.29, 0.717) is 0 Å². The van der Waals surface area contributed by atoms with Gasteiger partial charge in [-0.1, -0.05) is 0 Å². The molecule has 0 fully saturated rings. The second-order valence-corrected chi connectivity index (χ2v) is 4.20. The fourth-order valence-corrected chi connectivity index (χ4v) is 1.09. The molecular weight excluding hydrogens is 458 g/mol. The Morgan fingerprint density at radius 1 is 0.385 bits per heavy atom. The van der Waals surface area contributed by atoms with Crippen LogP contribution in [0.2, 0.25) is 0 Å². The first-order valence-electron chi connectivity index (χ1n) is 4.96. The zero-order chi connectivity index (χ0) is 21.1. The molecule has 0 aromatic carbocycles. The summed E-state index contributed by atoms with van der Waals surface area (Å²) >= 11 is 0. The van der Waals surface area contributed by atoms with Crippen LogP contribution < -0.4 is 0 Å². The van der Waals surface area contributed by atoms with Crippen LogP contribution in [0.1, 0.15) is 0 Å². The van der Waals surface area contributed by atoms with Crippen molar-refractivity contribution < 1.29 is 74.6 Å². The van der Waals surface area contributed by atoms with Gasteiger partial charge in [-0.3, -0.25) is 0 Å². The summed E-state index contributed by atoms with van der Waals surface area (Å²) in [6.07, 6.45) is -12.8. The van der Waals surface area contributed by atoms with Crippen molar-refractivity contribution in [3.8, 4) is 0 Å². The van der Waals surface area contributed by atoms with E-state index in [9.17, 15) is 74.6 Å². The Balaban J connectivity index is 0. The molecule has 0 aliphatic rings. The molecule has 0 aromatic heterocycles. The van der Waals surface area contributed by atoms with Crippen LogP contribution in [0.25, 0.3) is 0 Å². The standard InChI is InChI=1S/C8F17.K.H/c9-1(10)2(11,12)3(13,14)4(15,16)5(17,18)6(19,20)7(21,22)8(23,24)25;;. The SMILES string of the molecule is F[C](F)C(F)(F)C(F)(F)C(F)(F)C(F)(F)C(F)(F)C(F)(F)C(F)(F)F.[KH]. The fraction of sp³-hybridized carbons (Fsp3) is 0.875. The summed E-state index contributed by atoms with van der Waals surface area (Å²) < 4.78 is 209. The molecule has 0 aliphatic carbocycles. The summed E-state index contributed by atoms with van der Waals surface area (Å²) in [5, 5.41) is 0. The Bertz CT molecular complexity index is 487. The van der Waals surface area contributed by atoms with Crippen molar-refractivity contribution in [3.63, 3.8) is 0 Å². The van der Waals surface area contributed by atoms with Crippen LogP contribution in [0, 0.1) is 6.43 Å². The second kappa shape index (κ2) is 7.36. The third-order valence-electron chi connectivity index (χ3n) is 2.57. The van der Waals surface area contributed by atoms with Crippen LogP contribution in [0.5, 0.6) is 0 Å². The summed E-state index contributed by atoms with van der Waals surface area (Å²) in [6.45, 7) is 0. The molecular formula is C8HF17K. The van der Waals surface area contributed by atoms with E-state index in [1.807, 2.05) is 0 Å². The molecule has 0 atom stereocenters. The molecule has 0 aliphatic heterocycles. The van der Waals surface area contributed by atoms with E-state index in [-0.39, 0.29) is 51.4 Å². The maximum atomic E-state index is 12.7. The van der Waals surface area contributed by atoms with Crippen LogP contribution >= 0.6 is 0 Å². The summed E-state index contributed by atoms with van der Waals surface area (Å²) in [4.78, 5) is 0. The van der Waals surface area contributed by atoms with Gasteiger partial charge in [-0.15, -0.1) is 0 Å². The number of rotatable bonds is 6. The molecule has 1 radical (unpaired) electrons. The minimum absolute atomic E-state index is 0. The molecule has 0 N–H and O–H groups in total. The number of hydrogen-bond donors (Lipinski definition) is 0. The van der Waals surface area contributed by atoms with Crippen LogP contribution in [0.15, 0.2) is 0 Å². The summed E-state index contributed by atoms with van der Waals surface area (Å²) in [6, 6.07) is 0. The van der Waals surface area contributed by atoms with Gasteiger partial charge in [0.1, 0.15) is 0 Å². The molecule has 0 unspecified atom stereocenters. The molecule has 26 heavy (non-hydrogen) atoms. The molecule has 0 saturated carbocycles. The third kappa shape index (κ3) is 3.68. The summed E-state index contributed by atoms with van der Waals surface area (Å²) in [7, 11) is 0. The first-order valence-corrected chi connectivity index (χ1v) is 4.96. The Morgan fingerprint density at radius 2 is 0.615 bits per heavy atom. The van der Waals surface area contributed by atoms with Gasteiger partial charge in [0.15, 0.2) is 0 Å². The van der Waals surface area contributed by atoms with E-state index < -0.39 is 48.1 Å². The zero-order valence-corrected chi connectivity index (χ0v) is 10.4. The van der Waals surface area contributed by atoms with Gasteiger partial charge in [-0.25, -0.2) is 0 Å². The van der Waals surface area contributed by atoms with Crippen molar-refractivity contribution >= 4 is 51.4 Å². The van der Waals surface area contributed by atoms with Crippen molar-refractivity contribution in [2.75, 3.05) is 0 Å². The Hall–Kier alpha value is 0.446. The van der Waals surface area contributed by atoms with Crippen molar-refractivity contribution in [3.05, 3.63) is 6.43 Å². The third-order valence-corrected chi connectivity index (χ3v) is 2.57. The quantitative estimate of drug-likeness (QED) is 0.382. The maximum absolute atomic E-state index is 12.7. The van der Waals surface area contributed by atoms with Crippen molar-refractivity contribution in [2.45, 2.75) is 41.7 Å². The van der Waals surface area contributed by atoms with Crippen LogP contribution in [-0.2, 0) is 0 Å². The van der Waals surface area contributed by atoms with Crippen molar-refractivity contribution in [1.82, 2.24) is 0 Å². The average molecular weight is 459 g/mol. The molecule has 0 heterocycles. The van der Waals surface area contributed by atoms with Crippen molar-refractivity contribution in [2.24, 2.45) is 0 Å². The van der Waals surface area contributed by atoms with Gasteiger partial charge >= 0.3 is 99.5 Å². The number of halogens is 17. The predicted molar refractivity (Wildman–Crippen MR) is 48.3 cm³/mol. The van der Waals surface area contributed by atoms with Gasteiger partial charge in [-0.2, -0.15) is 74.6 Å². The first kappa shape index (κ1) is 28.7. The molecule has 18 heteroatoms. The van der Waals surface area contributed by atoms with Gasteiger partial charge in [0.25, 0.3) is 0 Å². The van der Waals surface area contributed by atoms with E-state index >= 15 is 0 Å². The number of alkyl halides is 15. The normalized spacial score (nSPS) is 15.9. The monoisotopic (exact) mass is 459 g/mol. The van der Waals surface area contributed by atoms with E-state index in [4.69, 9.17) is 0 Å². The van der Waals surface area contributed by atoms with E-state index in [1.54, 1.807) is 0 Å². The van der Waals surface area contributed by atoms with Crippen LogP contribution in [0.3, 0.4) is 0 Å².